The van der Waals surface area contributed by atoms with Crippen LogP contribution in [0.15, 0.2) is 12.2 Å². The Labute approximate surface area is 115 Å². The van der Waals surface area contributed by atoms with Gasteiger partial charge in [0.05, 0.1) is 5.60 Å². The van der Waals surface area contributed by atoms with Crippen molar-refractivity contribution in [1.82, 2.24) is 0 Å². The topological polar surface area (TPSA) is 20.2 Å². The standard InChI is InChI=1S/C17H34O/c1-8-15(7)17(18,14(5)6)12-10-11-16(9-2)13(3)4/h14-16,18H,3,8-12H2,1-2,4-7H3. The third kappa shape index (κ3) is 4.76. The average molecular weight is 254 g/mol. The summed E-state index contributed by atoms with van der Waals surface area (Å²) in [7, 11) is 0. The quantitative estimate of drug-likeness (QED) is 0.561. The largest absolute Gasteiger partial charge is 0.389 e. The molecule has 3 atom stereocenters. The van der Waals surface area contributed by atoms with Gasteiger partial charge in [-0.3, -0.25) is 0 Å². The summed E-state index contributed by atoms with van der Waals surface area (Å²) in [5.41, 5.74) is 0.788. The number of aliphatic hydroxyl groups is 1. The van der Waals surface area contributed by atoms with Gasteiger partial charge in [0.15, 0.2) is 0 Å². The molecule has 0 spiro atoms. The van der Waals surface area contributed by atoms with Gasteiger partial charge in [0, 0.05) is 0 Å². The van der Waals surface area contributed by atoms with E-state index in [-0.39, 0.29) is 0 Å². The van der Waals surface area contributed by atoms with Crippen molar-refractivity contribution in [3.05, 3.63) is 12.2 Å². The molecule has 0 heterocycles. The summed E-state index contributed by atoms with van der Waals surface area (Å²) in [4.78, 5) is 0. The maximum Gasteiger partial charge on any atom is 0.0695 e. The summed E-state index contributed by atoms with van der Waals surface area (Å²) in [6.45, 7) is 17.0. The number of allylic oxidation sites excluding steroid dienone is 1. The minimum Gasteiger partial charge on any atom is -0.389 e. The molecule has 18 heavy (non-hydrogen) atoms. The van der Waals surface area contributed by atoms with Gasteiger partial charge in [-0.1, -0.05) is 53.2 Å². The lowest BCUT2D eigenvalue weighted by molar-refractivity contribution is -0.0630. The van der Waals surface area contributed by atoms with E-state index in [9.17, 15) is 5.11 Å². The molecular formula is C17H34O. The fourth-order valence-corrected chi connectivity index (χ4v) is 2.89. The van der Waals surface area contributed by atoms with E-state index in [1.807, 2.05) is 0 Å². The minimum absolute atomic E-state index is 0.331. The highest BCUT2D eigenvalue weighted by atomic mass is 16.3. The predicted octanol–water partition coefficient (Wildman–Crippen LogP) is 5.19. The van der Waals surface area contributed by atoms with Gasteiger partial charge in [0.1, 0.15) is 0 Å². The monoisotopic (exact) mass is 254 g/mol. The zero-order valence-electron chi connectivity index (χ0n) is 13.4. The molecule has 0 bridgehead atoms. The molecule has 0 aromatic heterocycles. The molecule has 0 aromatic rings. The molecule has 0 aliphatic heterocycles. The zero-order chi connectivity index (χ0) is 14.3. The van der Waals surface area contributed by atoms with Crippen LogP contribution in [0.5, 0.6) is 0 Å². The first-order valence-electron chi connectivity index (χ1n) is 7.67. The van der Waals surface area contributed by atoms with E-state index in [1.165, 1.54) is 12.0 Å². The van der Waals surface area contributed by atoms with Gasteiger partial charge in [-0.25, -0.2) is 0 Å². The van der Waals surface area contributed by atoms with E-state index < -0.39 is 5.60 Å². The molecule has 0 fully saturated rings. The second-order valence-corrected chi connectivity index (χ2v) is 6.30. The maximum atomic E-state index is 10.9. The van der Waals surface area contributed by atoms with Crippen LogP contribution in [0, 0.1) is 17.8 Å². The Morgan fingerprint density at radius 2 is 1.72 bits per heavy atom. The molecular weight excluding hydrogens is 220 g/mol. The highest BCUT2D eigenvalue weighted by Gasteiger charge is 2.35. The predicted molar refractivity (Wildman–Crippen MR) is 81.7 cm³/mol. The smallest absolute Gasteiger partial charge is 0.0695 e. The fraction of sp³-hybridized carbons (Fsp3) is 0.882. The fourth-order valence-electron chi connectivity index (χ4n) is 2.89. The van der Waals surface area contributed by atoms with E-state index in [2.05, 4.69) is 48.1 Å². The first kappa shape index (κ1) is 17.7. The molecule has 0 aliphatic rings. The van der Waals surface area contributed by atoms with Crippen LogP contribution in [0.2, 0.25) is 0 Å². The summed E-state index contributed by atoms with van der Waals surface area (Å²) >= 11 is 0. The Balaban J connectivity index is 4.41. The second kappa shape index (κ2) is 7.99. The lowest BCUT2D eigenvalue weighted by Crippen LogP contribution is -2.41. The van der Waals surface area contributed by atoms with E-state index in [0.717, 1.165) is 25.7 Å². The van der Waals surface area contributed by atoms with Crippen LogP contribution in [0.3, 0.4) is 0 Å². The minimum atomic E-state index is -0.498. The van der Waals surface area contributed by atoms with E-state index in [4.69, 9.17) is 0 Å². The van der Waals surface area contributed by atoms with Crippen LogP contribution in [-0.4, -0.2) is 10.7 Å². The molecule has 0 amide bonds. The molecule has 0 radical (unpaired) electrons. The van der Waals surface area contributed by atoms with Crippen LogP contribution < -0.4 is 0 Å². The maximum absolute atomic E-state index is 10.9. The summed E-state index contributed by atoms with van der Waals surface area (Å²) in [6, 6.07) is 0. The molecule has 108 valence electrons. The van der Waals surface area contributed by atoms with Crippen molar-refractivity contribution in [2.75, 3.05) is 0 Å². The van der Waals surface area contributed by atoms with Crippen LogP contribution in [0.1, 0.15) is 73.6 Å². The van der Waals surface area contributed by atoms with Gasteiger partial charge in [-0.05, 0) is 50.4 Å². The molecule has 1 nitrogen and oxygen atoms in total. The van der Waals surface area contributed by atoms with Gasteiger partial charge in [-0.15, -0.1) is 0 Å². The third-order valence-electron chi connectivity index (χ3n) is 4.79. The number of hydrogen-bond acceptors (Lipinski definition) is 1. The Bertz CT molecular complexity index is 244. The van der Waals surface area contributed by atoms with Crippen molar-refractivity contribution >= 4 is 0 Å². The van der Waals surface area contributed by atoms with Crippen LogP contribution in [0.4, 0.5) is 0 Å². The first-order chi connectivity index (χ1) is 8.29. The molecule has 3 unspecified atom stereocenters. The van der Waals surface area contributed by atoms with Gasteiger partial charge in [-0.2, -0.15) is 0 Å². The number of rotatable bonds is 9. The van der Waals surface area contributed by atoms with Crippen molar-refractivity contribution in [3.63, 3.8) is 0 Å². The second-order valence-electron chi connectivity index (χ2n) is 6.30. The molecule has 0 aromatic carbocycles. The lowest BCUT2D eigenvalue weighted by atomic mass is 9.74. The Hall–Kier alpha value is -0.300. The van der Waals surface area contributed by atoms with Crippen LogP contribution in [-0.2, 0) is 0 Å². The lowest BCUT2D eigenvalue weighted by Gasteiger charge is -2.38. The third-order valence-corrected chi connectivity index (χ3v) is 4.79. The van der Waals surface area contributed by atoms with E-state index >= 15 is 0 Å². The van der Waals surface area contributed by atoms with Gasteiger partial charge in [0.2, 0.25) is 0 Å². The van der Waals surface area contributed by atoms with Crippen molar-refractivity contribution in [2.45, 2.75) is 79.2 Å². The SMILES string of the molecule is C=C(C)C(CC)CCCC(O)(C(C)C)C(C)CC. The van der Waals surface area contributed by atoms with Crippen molar-refractivity contribution < 1.29 is 5.11 Å². The van der Waals surface area contributed by atoms with Crippen molar-refractivity contribution in [3.8, 4) is 0 Å². The molecule has 0 saturated carbocycles. The highest BCUT2D eigenvalue weighted by Crippen LogP contribution is 2.34. The molecule has 1 heteroatoms. The van der Waals surface area contributed by atoms with E-state index in [1.54, 1.807) is 0 Å². The van der Waals surface area contributed by atoms with Crippen LogP contribution in [0.25, 0.3) is 0 Å². The summed E-state index contributed by atoms with van der Waals surface area (Å²) in [6.07, 6.45) is 5.40. The van der Waals surface area contributed by atoms with Gasteiger partial charge in [0.25, 0.3) is 0 Å². The van der Waals surface area contributed by atoms with Gasteiger partial charge < -0.3 is 5.11 Å². The van der Waals surface area contributed by atoms with Crippen LogP contribution >= 0.6 is 0 Å². The summed E-state index contributed by atoms with van der Waals surface area (Å²) in [5, 5.41) is 10.9. The Morgan fingerprint density at radius 3 is 2.06 bits per heavy atom. The summed E-state index contributed by atoms with van der Waals surface area (Å²) < 4.78 is 0. The van der Waals surface area contributed by atoms with Crippen molar-refractivity contribution in [1.29, 1.82) is 0 Å². The average Bonchev–Trinajstić information content (AvgIpc) is 2.32. The zero-order valence-corrected chi connectivity index (χ0v) is 13.4. The van der Waals surface area contributed by atoms with Crippen molar-refractivity contribution in [2.24, 2.45) is 17.8 Å². The number of hydrogen-bond donors (Lipinski definition) is 1. The first-order valence-corrected chi connectivity index (χ1v) is 7.67. The van der Waals surface area contributed by atoms with Gasteiger partial charge >= 0.3 is 0 Å². The highest BCUT2D eigenvalue weighted by molar-refractivity contribution is 4.96. The molecule has 1 N–H and O–H groups in total. The normalized spacial score (nSPS) is 18.4. The van der Waals surface area contributed by atoms with E-state index in [0.29, 0.717) is 17.8 Å². The Morgan fingerprint density at radius 1 is 1.17 bits per heavy atom. The molecule has 0 saturated heterocycles. The molecule has 0 rings (SSSR count). The Kier molecular flexibility index (Phi) is 7.86. The summed E-state index contributed by atoms with van der Waals surface area (Å²) in [5.74, 6) is 1.33. The molecule has 0 aliphatic carbocycles.